The lowest BCUT2D eigenvalue weighted by Gasteiger charge is -2.29. The van der Waals surface area contributed by atoms with Gasteiger partial charge in [-0.15, -0.1) is 0 Å². The Hall–Kier alpha value is -2.62. The van der Waals surface area contributed by atoms with Gasteiger partial charge in [0, 0.05) is 18.2 Å². The molecule has 4 rings (SSSR count). The topological polar surface area (TPSA) is 58.2 Å². The van der Waals surface area contributed by atoms with Crippen molar-refractivity contribution in [1.29, 1.82) is 0 Å². The minimum Gasteiger partial charge on any atom is -0.355 e. The standard InChI is InChI=1S/C22H24N2O2/c1-22(2,3)18-12-23-20(25)19(18)21(26)24-15-8-9-17-14(11-15)10-13-6-4-5-7-16(13)17/h4-9,11,18-19H,10,12H2,1-3H3,(H,23,25)(H,24,26)/t18-,19+/m1/s1. The summed E-state index contributed by atoms with van der Waals surface area (Å²) in [6.45, 7) is 6.78. The number of rotatable bonds is 2. The summed E-state index contributed by atoms with van der Waals surface area (Å²) in [7, 11) is 0. The molecular weight excluding hydrogens is 324 g/mol. The number of anilines is 1. The highest BCUT2D eigenvalue weighted by molar-refractivity contribution is 6.08. The summed E-state index contributed by atoms with van der Waals surface area (Å²) < 4.78 is 0. The number of carbonyl (C=O) groups excluding carboxylic acids is 2. The van der Waals surface area contributed by atoms with Gasteiger partial charge in [0.05, 0.1) is 0 Å². The van der Waals surface area contributed by atoms with E-state index in [0.717, 1.165) is 12.1 Å². The molecule has 1 aliphatic carbocycles. The van der Waals surface area contributed by atoms with Crippen molar-refractivity contribution >= 4 is 17.5 Å². The van der Waals surface area contributed by atoms with Gasteiger partial charge in [-0.2, -0.15) is 0 Å². The number of benzene rings is 2. The van der Waals surface area contributed by atoms with Gasteiger partial charge in [0.2, 0.25) is 11.8 Å². The maximum Gasteiger partial charge on any atom is 0.237 e. The molecule has 0 bridgehead atoms. The second-order valence-corrected chi connectivity index (χ2v) is 8.39. The van der Waals surface area contributed by atoms with Gasteiger partial charge in [-0.25, -0.2) is 0 Å². The van der Waals surface area contributed by atoms with E-state index in [1.807, 2.05) is 12.1 Å². The normalized spacial score (nSPS) is 21.1. The largest absolute Gasteiger partial charge is 0.355 e. The zero-order valence-electron chi connectivity index (χ0n) is 15.4. The average Bonchev–Trinajstić information content (AvgIpc) is 3.14. The zero-order valence-corrected chi connectivity index (χ0v) is 15.4. The molecule has 26 heavy (non-hydrogen) atoms. The molecule has 2 N–H and O–H groups in total. The fourth-order valence-corrected chi connectivity index (χ4v) is 4.17. The van der Waals surface area contributed by atoms with Crippen LogP contribution in [0.4, 0.5) is 5.69 Å². The molecule has 0 saturated carbocycles. The quantitative estimate of drug-likeness (QED) is 0.695. The molecule has 1 fully saturated rings. The van der Waals surface area contributed by atoms with E-state index in [4.69, 9.17) is 0 Å². The van der Waals surface area contributed by atoms with E-state index in [0.29, 0.717) is 6.54 Å². The molecule has 2 amide bonds. The van der Waals surface area contributed by atoms with Crippen molar-refractivity contribution in [2.45, 2.75) is 27.2 Å². The Labute approximate surface area is 154 Å². The second kappa shape index (κ2) is 5.97. The van der Waals surface area contributed by atoms with Gasteiger partial charge in [0.1, 0.15) is 5.92 Å². The molecule has 1 saturated heterocycles. The molecule has 4 heteroatoms. The molecule has 2 aromatic carbocycles. The number of amides is 2. The third-order valence-electron chi connectivity index (χ3n) is 5.64. The van der Waals surface area contributed by atoms with Crippen LogP contribution in [0, 0.1) is 17.3 Å². The van der Waals surface area contributed by atoms with E-state index in [9.17, 15) is 9.59 Å². The van der Waals surface area contributed by atoms with Crippen molar-refractivity contribution in [2.24, 2.45) is 17.3 Å². The summed E-state index contributed by atoms with van der Waals surface area (Å²) in [5.41, 5.74) is 5.67. The van der Waals surface area contributed by atoms with Gasteiger partial charge in [-0.1, -0.05) is 51.1 Å². The van der Waals surface area contributed by atoms with Crippen molar-refractivity contribution in [3.63, 3.8) is 0 Å². The number of carbonyl (C=O) groups is 2. The second-order valence-electron chi connectivity index (χ2n) is 8.39. The molecule has 2 atom stereocenters. The van der Waals surface area contributed by atoms with E-state index in [-0.39, 0.29) is 23.1 Å². The van der Waals surface area contributed by atoms with E-state index in [1.165, 1.54) is 22.3 Å². The van der Waals surface area contributed by atoms with Crippen LogP contribution in [-0.2, 0) is 16.0 Å². The summed E-state index contributed by atoms with van der Waals surface area (Å²) in [6, 6.07) is 14.4. The van der Waals surface area contributed by atoms with E-state index < -0.39 is 5.92 Å². The molecule has 2 aliphatic rings. The summed E-state index contributed by atoms with van der Waals surface area (Å²) in [6.07, 6.45) is 0.879. The summed E-state index contributed by atoms with van der Waals surface area (Å²) in [5.74, 6) is -1.03. The lowest BCUT2D eigenvalue weighted by atomic mass is 9.74. The molecule has 4 nitrogen and oxygen atoms in total. The van der Waals surface area contributed by atoms with E-state index in [1.54, 1.807) is 0 Å². The van der Waals surface area contributed by atoms with Crippen LogP contribution in [0.15, 0.2) is 42.5 Å². The third kappa shape index (κ3) is 2.79. The Kier molecular flexibility index (Phi) is 3.87. The van der Waals surface area contributed by atoms with Crippen LogP contribution in [0.2, 0.25) is 0 Å². The highest BCUT2D eigenvalue weighted by atomic mass is 16.2. The van der Waals surface area contributed by atoms with Crippen molar-refractivity contribution in [3.8, 4) is 11.1 Å². The molecule has 0 aromatic heterocycles. The van der Waals surface area contributed by atoms with Crippen LogP contribution in [0.25, 0.3) is 11.1 Å². The molecule has 134 valence electrons. The zero-order chi connectivity index (χ0) is 18.5. The van der Waals surface area contributed by atoms with Crippen LogP contribution < -0.4 is 10.6 Å². The Morgan fingerprint density at radius 2 is 1.81 bits per heavy atom. The highest BCUT2D eigenvalue weighted by Gasteiger charge is 2.45. The predicted octanol–water partition coefficient (Wildman–Crippen LogP) is 3.60. The SMILES string of the molecule is CC(C)(C)[C@@H]1CNC(=O)[C@H]1C(=O)Nc1ccc2c(c1)Cc1ccccc1-2. The fourth-order valence-electron chi connectivity index (χ4n) is 4.17. The van der Waals surface area contributed by atoms with E-state index >= 15 is 0 Å². The molecule has 1 heterocycles. The predicted molar refractivity (Wildman–Crippen MR) is 103 cm³/mol. The molecule has 0 unspecified atom stereocenters. The number of nitrogens with one attached hydrogen (secondary N) is 2. The lowest BCUT2D eigenvalue weighted by Crippen LogP contribution is -2.37. The van der Waals surface area contributed by atoms with Gasteiger partial charge in [0.15, 0.2) is 0 Å². The van der Waals surface area contributed by atoms with Crippen molar-refractivity contribution in [3.05, 3.63) is 53.6 Å². The van der Waals surface area contributed by atoms with Crippen LogP contribution in [0.5, 0.6) is 0 Å². The Balaban J connectivity index is 1.56. The first kappa shape index (κ1) is 16.8. The van der Waals surface area contributed by atoms with Crippen molar-refractivity contribution in [2.75, 3.05) is 11.9 Å². The van der Waals surface area contributed by atoms with Crippen molar-refractivity contribution in [1.82, 2.24) is 5.32 Å². The van der Waals surface area contributed by atoms with Crippen LogP contribution in [0.3, 0.4) is 0 Å². The molecular formula is C22H24N2O2. The van der Waals surface area contributed by atoms with Gasteiger partial charge >= 0.3 is 0 Å². The first-order valence-electron chi connectivity index (χ1n) is 9.14. The highest BCUT2D eigenvalue weighted by Crippen LogP contribution is 2.38. The summed E-state index contributed by atoms with van der Waals surface area (Å²) in [5, 5.41) is 5.82. The van der Waals surface area contributed by atoms with Gasteiger partial charge in [-0.3, -0.25) is 9.59 Å². The molecule has 0 radical (unpaired) electrons. The lowest BCUT2D eigenvalue weighted by molar-refractivity contribution is -0.132. The van der Waals surface area contributed by atoms with Crippen LogP contribution in [0.1, 0.15) is 31.9 Å². The number of hydrogen-bond donors (Lipinski definition) is 2. The average molecular weight is 348 g/mol. The Morgan fingerprint density at radius 1 is 1.08 bits per heavy atom. The van der Waals surface area contributed by atoms with E-state index in [2.05, 4.69) is 61.7 Å². The van der Waals surface area contributed by atoms with Gasteiger partial charge < -0.3 is 10.6 Å². The molecule has 0 spiro atoms. The monoisotopic (exact) mass is 348 g/mol. The smallest absolute Gasteiger partial charge is 0.237 e. The Morgan fingerprint density at radius 3 is 2.58 bits per heavy atom. The Bertz CT molecular complexity index is 895. The van der Waals surface area contributed by atoms with Crippen molar-refractivity contribution < 1.29 is 9.59 Å². The molecule has 2 aromatic rings. The van der Waals surface area contributed by atoms with Gasteiger partial charge in [0.25, 0.3) is 0 Å². The summed E-state index contributed by atoms with van der Waals surface area (Å²) in [4.78, 5) is 25.1. The maximum absolute atomic E-state index is 12.8. The van der Waals surface area contributed by atoms with Crippen LogP contribution >= 0.6 is 0 Å². The minimum atomic E-state index is -0.638. The third-order valence-corrected chi connectivity index (χ3v) is 5.64. The van der Waals surface area contributed by atoms with Crippen LogP contribution in [-0.4, -0.2) is 18.4 Å². The first-order chi connectivity index (χ1) is 12.3. The number of fused-ring (bicyclic) bond motifs is 3. The summed E-state index contributed by atoms with van der Waals surface area (Å²) >= 11 is 0. The molecule has 1 aliphatic heterocycles. The number of hydrogen-bond acceptors (Lipinski definition) is 2. The van der Waals surface area contributed by atoms with Gasteiger partial charge in [-0.05, 0) is 46.2 Å². The minimum absolute atomic E-state index is 0.00585. The fraction of sp³-hybridized carbons (Fsp3) is 0.364. The first-order valence-corrected chi connectivity index (χ1v) is 9.14. The maximum atomic E-state index is 12.8.